The molecule has 0 aliphatic rings. The molecule has 0 aromatic heterocycles. The molecule has 0 aliphatic heterocycles. The first kappa shape index (κ1) is 15.1. The van der Waals surface area contributed by atoms with Crippen LogP contribution < -0.4 is 0 Å². The zero-order valence-corrected chi connectivity index (χ0v) is 11.3. The average molecular weight is 228 g/mol. The smallest absolute Gasteiger partial charge is 0.307 e. The molecule has 16 heavy (non-hydrogen) atoms. The van der Waals surface area contributed by atoms with E-state index in [1.165, 1.54) is 0 Å². The molecule has 0 rings (SSSR count). The molecule has 0 amide bonds. The maximum atomic E-state index is 11.8. The van der Waals surface area contributed by atoms with Crippen molar-refractivity contribution in [1.29, 1.82) is 0 Å². The standard InChI is InChI=1S/C13H24O3/c1-7-10(12(15)9(2)3)8-11(14)16-13(4,5)6/h9-10H,7-8H2,1-6H3. The molecule has 0 saturated carbocycles. The van der Waals surface area contributed by atoms with Gasteiger partial charge in [-0.2, -0.15) is 0 Å². The SMILES string of the molecule is CCC(CC(=O)OC(C)(C)C)C(=O)C(C)C. The Kier molecular flexibility index (Phi) is 5.70. The van der Waals surface area contributed by atoms with Crippen LogP contribution in [0.1, 0.15) is 54.4 Å². The monoisotopic (exact) mass is 228 g/mol. The molecule has 0 fully saturated rings. The summed E-state index contributed by atoms with van der Waals surface area (Å²) in [7, 11) is 0. The third-order valence-electron chi connectivity index (χ3n) is 2.30. The van der Waals surface area contributed by atoms with Gasteiger partial charge in [0.05, 0.1) is 6.42 Å². The Morgan fingerprint density at radius 2 is 1.69 bits per heavy atom. The van der Waals surface area contributed by atoms with Crippen molar-refractivity contribution in [2.24, 2.45) is 11.8 Å². The summed E-state index contributed by atoms with van der Waals surface area (Å²) in [4.78, 5) is 23.3. The van der Waals surface area contributed by atoms with Crippen molar-refractivity contribution in [1.82, 2.24) is 0 Å². The van der Waals surface area contributed by atoms with Crippen molar-refractivity contribution in [2.75, 3.05) is 0 Å². The predicted octanol–water partition coefficient (Wildman–Crippen LogP) is 2.97. The lowest BCUT2D eigenvalue weighted by Crippen LogP contribution is -2.28. The number of ketones is 1. The first-order valence-electron chi connectivity index (χ1n) is 5.93. The van der Waals surface area contributed by atoms with E-state index >= 15 is 0 Å². The van der Waals surface area contributed by atoms with Gasteiger partial charge >= 0.3 is 5.97 Å². The van der Waals surface area contributed by atoms with E-state index in [1.807, 2.05) is 41.5 Å². The van der Waals surface area contributed by atoms with E-state index in [2.05, 4.69) is 0 Å². The number of hydrogen-bond acceptors (Lipinski definition) is 3. The van der Waals surface area contributed by atoms with E-state index in [-0.39, 0.29) is 30.0 Å². The number of rotatable bonds is 5. The molecule has 3 nitrogen and oxygen atoms in total. The van der Waals surface area contributed by atoms with Crippen LogP contribution in [0.3, 0.4) is 0 Å². The van der Waals surface area contributed by atoms with Gasteiger partial charge in [-0.3, -0.25) is 9.59 Å². The van der Waals surface area contributed by atoms with Gasteiger partial charge < -0.3 is 4.74 Å². The van der Waals surface area contributed by atoms with E-state index in [9.17, 15) is 9.59 Å². The number of Topliss-reactive ketones (excluding diaryl/α,β-unsaturated/α-hetero) is 1. The quantitative estimate of drug-likeness (QED) is 0.679. The van der Waals surface area contributed by atoms with Crippen molar-refractivity contribution in [2.45, 2.75) is 60.0 Å². The lowest BCUT2D eigenvalue weighted by Gasteiger charge is -2.22. The fourth-order valence-corrected chi connectivity index (χ4v) is 1.50. The fraction of sp³-hybridized carbons (Fsp3) is 0.846. The zero-order valence-electron chi connectivity index (χ0n) is 11.3. The van der Waals surface area contributed by atoms with Gasteiger partial charge in [0.1, 0.15) is 11.4 Å². The molecule has 0 saturated heterocycles. The van der Waals surface area contributed by atoms with Crippen LogP contribution in [0.4, 0.5) is 0 Å². The number of carbonyl (C=O) groups is 2. The van der Waals surface area contributed by atoms with Crippen molar-refractivity contribution in [3.05, 3.63) is 0 Å². The Hall–Kier alpha value is -0.860. The molecular formula is C13H24O3. The molecule has 94 valence electrons. The first-order valence-corrected chi connectivity index (χ1v) is 5.93. The normalized spacial score (nSPS) is 13.7. The molecule has 1 atom stereocenters. The second-order valence-electron chi connectivity index (χ2n) is 5.45. The molecule has 0 aromatic carbocycles. The van der Waals surface area contributed by atoms with Crippen LogP contribution >= 0.6 is 0 Å². The highest BCUT2D eigenvalue weighted by atomic mass is 16.6. The van der Waals surface area contributed by atoms with Gasteiger partial charge in [0.25, 0.3) is 0 Å². The van der Waals surface area contributed by atoms with Gasteiger partial charge in [0, 0.05) is 11.8 Å². The molecule has 0 heterocycles. The summed E-state index contributed by atoms with van der Waals surface area (Å²) in [6, 6.07) is 0. The Labute approximate surface area is 98.6 Å². The zero-order chi connectivity index (χ0) is 12.9. The van der Waals surface area contributed by atoms with Crippen molar-refractivity contribution in [3.8, 4) is 0 Å². The van der Waals surface area contributed by atoms with Crippen molar-refractivity contribution < 1.29 is 14.3 Å². The lowest BCUT2D eigenvalue weighted by atomic mass is 9.90. The topological polar surface area (TPSA) is 43.4 Å². The molecule has 0 aromatic rings. The predicted molar refractivity (Wildman–Crippen MR) is 64.1 cm³/mol. The van der Waals surface area contributed by atoms with Gasteiger partial charge in [-0.1, -0.05) is 20.8 Å². The van der Waals surface area contributed by atoms with Gasteiger partial charge in [-0.25, -0.2) is 0 Å². The van der Waals surface area contributed by atoms with E-state index in [1.54, 1.807) is 0 Å². The van der Waals surface area contributed by atoms with Crippen LogP contribution in [0.25, 0.3) is 0 Å². The fourth-order valence-electron chi connectivity index (χ4n) is 1.50. The van der Waals surface area contributed by atoms with E-state index in [0.29, 0.717) is 6.42 Å². The molecule has 0 aliphatic carbocycles. The summed E-state index contributed by atoms with van der Waals surface area (Å²) in [5, 5.41) is 0. The largest absolute Gasteiger partial charge is 0.460 e. The Morgan fingerprint density at radius 1 is 1.19 bits per heavy atom. The summed E-state index contributed by atoms with van der Waals surface area (Å²) in [5.74, 6) is -0.357. The van der Waals surface area contributed by atoms with E-state index in [4.69, 9.17) is 4.74 Å². The van der Waals surface area contributed by atoms with E-state index < -0.39 is 5.60 Å². The van der Waals surface area contributed by atoms with Gasteiger partial charge in [0.15, 0.2) is 0 Å². The Bertz CT molecular complexity index is 248. The summed E-state index contributed by atoms with van der Waals surface area (Å²) in [5.41, 5.74) is -0.476. The van der Waals surface area contributed by atoms with Crippen LogP contribution in [0.2, 0.25) is 0 Å². The highest BCUT2D eigenvalue weighted by molar-refractivity contribution is 5.86. The van der Waals surface area contributed by atoms with Crippen LogP contribution in [0, 0.1) is 11.8 Å². The molecule has 0 bridgehead atoms. The number of esters is 1. The second kappa shape index (κ2) is 6.02. The molecule has 3 heteroatoms. The Morgan fingerprint density at radius 3 is 2.00 bits per heavy atom. The number of hydrogen-bond donors (Lipinski definition) is 0. The summed E-state index contributed by atoms with van der Waals surface area (Å²) in [6.07, 6.45) is 0.890. The minimum absolute atomic E-state index is 0.0209. The van der Waals surface area contributed by atoms with Gasteiger partial charge in [0.2, 0.25) is 0 Å². The average Bonchev–Trinajstić information content (AvgIpc) is 2.09. The van der Waals surface area contributed by atoms with Crippen LogP contribution in [-0.2, 0) is 14.3 Å². The number of ether oxygens (including phenoxy) is 1. The molecule has 0 spiro atoms. The number of carbonyl (C=O) groups excluding carboxylic acids is 2. The van der Waals surface area contributed by atoms with Gasteiger partial charge in [-0.15, -0.1) is 0 Å². The molecule has 1 unspecified atom stereocenters. The minimum Gasteiger partial charge on any atom is -0.460 e. The van der Waals surface area contributed by atoms with Crippen molar-refractivity contribution >= 4 is 11.8 Å². The summed E-state index contributed by atoms with van der Waals surface area (Å²) < 4.78 is 5.21. The minimum atomic E-state index is -0.476. The second-order valence-corrected chi connectivity index (χ2v) is 5.45. The van der Waals surface area contributed by atoms with Crippen LogP contribution in [-0.4, -0.2) is 17.4 Å². The van der Waals surface area contributed by atoms with E-state index in [0.717, 1.165) is 0 Å². The third-order valence-corrected chi connectivity index (χ3v) is 2.30. The highest BCUT2D eigenvalue weighted by Crippen LogP contribution is 2.18. The lowest BCUT2D eigenvalue weighted by molar-refractivity contribution is -0.157. The third kappa shape index (κ3) is 5.89. The van der Waals surface area contributed by atoms with Gasteiger partial charge in [-0.05, 0) is 27.2 Å². The maximum absolute atomic E-state index is 11.8. The first-order chi connectivity index (χ1) is 7.17. The Balaban J connectivity index is 4.34. The molecule has 0 N–H and O–H groups in total. The van der Waals surface area contributed by atoms with Crippen molar-refractivity contribution in [3.63, 3.8) is 0 Å². The summed E-state index contributed by atoms with van der Waals surface area (Å²) >= 11 is 0. The summed E-state index contributed by atoms with van der Waals surface area (Å²) in [6.45, 7) is 11.1. The highest BCUT2D eigenvalue weighted by Gasteiger charge is 2.25. The maximum Gasteiger partial charge on any atom is 0.307 e. The molecule has 0 radical (unpaired) electrons. The van der Waals surface area contributed by atoms with Crippen LogP contribution in [0.15, 0.2) is 0 Å². The van der Waals surface area contributed by atoms with Crippen LogP contribution in [0.5, 0.6) is 0 Å². The molecular weight excluding hydrogens is 204 g/mol.